The maximum Gasteiger partial charge on any atom is 0.267 e. The third kappa shape index (κ3) is 4.87. The average Bonchev–Trinajstić information content (AvgIpc) is 3.30. The molecular formula is C28H32N6O4S. The van der Waals surface area contributed by atoms with Gasteiger partial charge in [0.2, 0.25) is 0 Å². The van der Waals surface area contributed by atoms with Gasteiger partial charge in [0.25, 0.3) is 17.4 Å². The summed E-state index contributed by atoms with van der Waals surface area (Å²) in [4.78, 5) is 45.9. The van der Waals surface area contributed by atoms with Crippen molar-refractivity contribution < 1.29 is 14.3 Å². The van der Waals surface area contributed by atoms with Crippen molar-refractivity contribution in [1.82, 2.24) is 19.3 Å². The molecule has 2 amide bonds. The smallest absolute Gasteiger partial charge is 0.267 e. The largest absolute Gasteiger partial charge is 0.382 e. The molecule has 4 aromatic heterocycles. The Balaban J connectivity index is 1.65. The van der Waals surface area contributed by atoms with Crippen molar-refractivity contribution in [1.29, 1.82) is 5.41 Å². The van der Waals surface area contributed by atoms with Crippen molar-refractivity contribution in [3.8, 4) is 0 Å². The number of thiophene rings is 1. The van der Waals surface area contributed by atoms with Crippen LogP contribution in [0.2, 0.25) is 0 Å². The lowest BCUT2D eigenvalue weighted by molar-refractivity contribution is 0.0963. The van der Waals surface area contributed by atoms with E-state index in [9.17, 15) is 14.4 Å². The van der Waals surface area contributed by atoms with Gasteiger partial charge in [-0.3, -0.25) is 24.2 Å². The van der Waals surface area contributed by atoms with Gasteiger partial charge in [-0.2, -0.15) is 0 Å². The number of carbonyl (C=O) groups excluding carboxylic acids is 2. The van der Waals surface area contributed by atoms with Gasteiger partial charge >= 0.3 is 0 Å². The fraction of sp³-hybridized carbons (Fsp3) is 0.393. The number of fused-ring (bicyclic) bond motifs is 3. The highest BCUT2D eigenvalue weighted by molar-refractivity contribution is 7.17. The van der Waals surface area contributed by atoms with Gasteiger partial charge in [-0.25, -0.2) is 4.98 Å². The molecule has 10 nitrogen and oxygen atoms in total. The van der Waals surface area contributed by atoms with E-state index in [1.807, 2.05) is 19.9 Å². The first-order valence-corrected chi connectivity index (χ1v) is 14.0. The molecule has 0 fully saturated rings. The number of nitrogens with zero attached hydrogens (tertiary/aromatic N) is 3. The van der Waals surface area contributed by atoms with Crippen LogP contribution in [0.5, 0.6) is 0 Å². The average molecular weight is 549 g/mol. The van der Waals surface area contributed by atoms with E-state index in [0.29, 0.717) is 48.0 Å². The predicted molar refractivity (Wildman–Crippen MR) is 151 cm³/mol. The molecule has 3 N–H and O–H groups in total. The number of rotatable bonds is 8. The molecule has 204 valence electrons. The summed E-state index contributed by atoms with van der Waals surface area (Å²) in [5, 5.41) is 15.3. The first-order valence-electron chi connectivity index (χ1n) is 13.2. The van der Waals surface area contributed by atoms with Gasteiger partial charge in [0.1, 0.15) is 21.8 Å². The van der Waals surface area contributed by atoms with E-state index in [1.165, 1.54) is 21.8 Å². The molecule has 0 radical (unpaired) electrons. The van der Waals surface area contributed by atoms with Gasteiger partial charge in [-0.15, -0.1) is 11.3 Å². The number of amides is 2. The standard InChI is InChI=1S/C28H32N6O4S/c1-4-38-14-8-13-33-22(29)18(15-19-24(33)31-23-16(2)9-7-12-34(23)28(19)37)25(35)32-27-21(26(36)30-3)17-10-5-6-11-20(17)39-27/h7,9,12,15,29H,4-6,8,10-11,13-14H2,1-3H3,(H,30,36)(H,32,35). The molecule has 11 heteroatoms. The van der Waals surface area contributed by atoms with Crippen LogP contribution in [0.1, 0.15) is 62.9 Å². The molecule has 0 aliphatic heterocycles. The summed E-state index contributed by atoms with van der Waals surface area (Å²) in [6.45, 7) is 5.19. The summed E-state index contributed by atoms with van der Waals surface area (Å²) in [6, 6.07) is 5.10. The second-order valence-corrected chi connectivity index (χ2v) is 10.7. The first-order chi connectivity index (χ1) is 18.8. The van der Waals surface area contributed by atoms with Crippen LogP contribution in [0.3, 0.4) is 0 Å². The Bertz CT molecular complexity index is 1720. The van der Waals surface area contributed by atoms with Crippen LogP contribution < -0.4 is 21.7 Å². The molecule has 39 heavy (non-hydrogen) atoms. The quantitative estimate of drug-likeness (QED) is 0.229. The highest BCUT2D eigenvalue weighted by Crippen LogP contribution is 2.38. The minimum Gasteiger partial charge on any atom is -0.382 e. The minimum absolute atomic E-state index is 0.0413. The van der Waals surface area contributed by atoms with E-state index in [4.69, 9.17) is 15.1 Å². The zero-order valence-corrected chi connectivity index (χ0v) is 23.2. The summed E-state index contributed by atoms with van der Waals surface area (Å²) in [5.41, 5.74) is 2.84. The van der Waals surface area contributed by atoms with Crippen molar-refractivity contribution in [2.75, 3.05) is 25.6 Å². The van der Waals surface area contributed by atoms with Crippen LogP contribution in [-0.2, 0) is 24.1 Å². The lowest BCUT2D eigenvalue weighted by Gasteiger charge is -2.15. The third-order valence-electron chi connectivity index (χ3n) is 7.11. The summed E-state index contributed by atoms with van der Waals surface area (Å²) in [6.07, 6.45) is 5.93. The number of aryl methyl sites for hydroxylation is 3. The van der Waals surface area contributed by atoms with E-state index < -0.39 is 5.91 Å². The van der Waals surface area contributed by atoms with E-state index >= 15 is 0 Å². The number of hydrogen-bond donors (Lipinski definition) is 3. The highest BCUT2D eigenvalue weighted by Gasteiger charge is 2.27. The molecule has 0 saturated carbocycles. The van der Waals surface area contributed by atoms with Gasteiger partial charge in [-0.1, -0.05) is 6.07 Å². The fourth-order valence-corrected chi connectivity index (χ4v) is 6.43. The van der Waals surface area contributed by atoms with Crippen molar-refractivity contribution in [2.24, 2.45) is 0 Å². The molecule has 4 aromatic rings. The Kier molecular flexibility index (Phi) is 7.62. The SMILES string of the molecule is CCOCCCn1c(=N)c(C(=O)Nc2sc3c(c2C(=O)NC)CCCC3)cc2c(=O)n3cccc(C)c3nc21. The van der Waals surface area contributed by atoms with Gasteiger partial charge in [0.15, 0.2) is 0 Å². The van der Waals surface area contributed by atoms with Crippen molar-refractivity contribution in [3.63, 3.8) is 0 Å². The zero-order chi connectivity index (χ0) is 27.7. The summed E-state index contributed by atoms with van der Waals surface area (Å²) < 4.78 is 8.56. The highest BCUT2D eigenvalue weighted by atomic mass is 32.1. The number of hydrogen-bond acceptors (Lipinski definition) is 7. The molecular weight excluding hydrogens is 516 g/mol. The number of anilines is 1. The Morgan fingerprint density at radius 3 is 2.77 bits per heavy atom. The maximum atomic E-state index is 13.7. The molecule has 4 heterocycles. The van der Waals surface area contributed by atoms with Crippen molar-refractivity contribution >= 4 is 44.8 Å². The van der Waals surface area contributed by atoms with Crippen LogP contribution in [-0.4, -0.2) is 46.0 Å². The van der Waals surface area contributed by atoms with Gasteiger partial charge < -0.3 is 19.9 Å². The molecule has 0 bridgehead atoms. The molecule has 0 atom stereocenters. The molecule has 1 aliphatic carbocycles. The number of ether oxygens (including phenoxy) is 1. The topological polar surface area (TPSA) is 131 Å². The van der Waals surface area contributed by atoms with Gasteiger partial charge in [-0.05, 0) is 69.2 Å². The van der Waals surface area contributed by atoms with E-state index in [1.54, 1.807) is 23.9 Å². The zero-order valence-electron chi connectivity index (χ0n) is 22.3. The molecule has 0 saturated heterocycles. The summed E-state index contributed by atoms with van der Waals surface area (Å²) >= 11 is 1.41. The molecule has 0 aromatic carbocycles. The summed E-state index contributed by atoms with van der Waals surface area (Å²) in [7, 11) is 1.57. The van der Waals surface area contributed by atoms with E-state index in [2.05, 4.69) is 10.6 Å². The Morgan fingerprint density at radius 1 is 1.21 bits per heavy atom. The number of carbonyl (C=O) groups is 2. The molecule has 0 spiro atoms. The first kappa shape index (κ1) is 26.8. The molecule has 1 aliphatic rings. The number of aromatic nitrogens is 3. The lowest BCUT2D eigenvalue weighted by atomic mass is 9.95. The maximum absolute atomic E-state index is 13.7. The number of pyridine rings is 2. The van der Waals surface area contributed by atoms with Crippen LogP contribution in [0, 0.1) is 12.3 Å². The molecule has 5 rings (SSSR count). The van der Waals surface area contributed by atoms with E-state index in [0.717, 1.165) is 41.7 Å². The molecule has 0 unspecified atom stereocenters. The Morgan fingerprint density at radius 2 is 2.00 bits per heavy atom. The number of nitrogens with one attached hydrogen (secondary N) is 3. The third-order valence-corrected chi connectivity index (χ3v) is 8.31. The van der Waals surface area contributed by atoms with Gasteiger partial charge in [0.05, 0.1) is 16.5 Å². The van der Waals surface area contributed by atoms with Crippen LogP contribution in [0.25, 0.3) is 16.7 Å². The van der Waals surface area contributed by atoms with Crippen LogP contribution in [0.4, 0.5) is 5.00 Å². The second kappa shape index (κ2) is 11.1. The van der Waals surface area contributed by atoms with Crippen LogP contribution in [0.15, 0.2) is 29.2 Å². The van der Waals surface area contributed by atoms with Crippen molar-refractivity contribution in [2.45, 2.75) is 52.5 Å². The Hall–Kier alpha value is -3.83. The summed E-state index contributed by atoms with van der Waals surface area (Å²) in [5.74, 6) is -0.789. The fourth-order valence-electron chi connectivity index (χ4n) is 5.15. The minimum atomic E-state index is -0.544. The predicted octanol–water partition coefficient (Wildman–Crippen LogP) is 3.42. The van der Waals surface area contributed by atoms with E-state index in [-0.39, 0.29) is 27.9 Å². The van der Waals surface area contributed by atoms with Crippen LogP contribution >= 0.6 is 11.3 Å². The monoisotopic (exact) mass is 548 g/mol. The Labute approximate surface area is 229 Å². The van der Waals surface area contributed by atoms with Crippen molar-refractivity contribution in [3.05, 3.63) is 67.4 Å². The van der Waals surface area contributed by atoms with Gasteiger partial charge in [0, 0.05) is 37.9 Å². The lowest BCUT2D eigenvalue weighted by Crippen LogP contribution is -2.33. The second-order valence-electron chi connectivity index (χ2n) is 9.60. The normalized spacial score (nSPS) is 13.0.